The van der Waals surface area contributed by atoms with Crippen LogP contribution in [0.15, 0.2) is 17.3 Å². The molecule has 0 aliphatic heterocycles. The summed E-state index contributed by atoms with van der Waals surface area (Å²) in [4.78, 5) is 10.3. The van der Waals surface area contributed by atoms with Crippen molar-refractivity contribution >= 4 is 26.0 Å². The Kier molecular flexibility index (Phi) is 5.83. The highest BCUT2D eigenvalue weighted by molar-refractivity contribution is 7.89. The Labute approximate surface area is 122 Å². The van der Waals surface area contributed by atoms with Crippen LogP contribution in [0.1, 0.15) is 6.42 Å². The molecule has 0 unspecified atom stereocenters. The molecule has 0 bridgehead atoms. The molecule has 3 N–H and O–H groups in total. The van der Waals surface area contributed by atoms with E-state index in [2.05, 4.69) is 14.5 Å². The second-order valence-corrected chi connectivity index (χ2v) is 7.75. The Bertz CT molecular complexity index is 694. The van der Waals surface area contributed by atoms with E-state index < -0.39 is 26.0 Å². The van der Waals surface area contributed by atoms with E-state index in [0.29, 0.717) is 0 Å². The summed E-state index contributed by atoms with van der Waals surface area (Å²) in [5, 5.41) is 12.3. The molecule has 21 heavy (non-hydrogen) atoms. The fourth-order valence-corrected chi connectivity index (χ4v) is 2.78. The van der Waals surface area contributed by atoms with Gasteiger partial charge in [0.2, 0.25) is 20.0 Å². The van der Waals surface area contributed by atoms with Crippen molar-refractivity contribution in [2.24, 2.45) is 0 Å². The van der Waals surface area contributed by atoms with Gasteiger partial charge in [-0.05, 0) is 0 Å². The number of carboxylic acid groups (broad SMARTS) is 1. The van der Waals surface area contributed by atoms with Gasteiger partial charge in [0, 0.05) is 19.3 Å². The molecule has 0 aromatic carbocycles. The van der Waals surface area contributed by atoms with Crippen LogP contribution in [-0.2, 0) is 31.4 Å². The number of sulfonamides is 2. The Morgan fingerprint density at radius 3 is 2.48 bits per heavy atom. The summed E-state index contributed by atoms with van der Waals surface area (Å²) < 4.78 is 50.9. The number of carbonyl (C=O) groups is 1. The third-order valence-corrected chi connectivity index (χ3v) is 4.40. The van der Waals surface area contributed by atoms with Crippen molar-refractivity contribution in [2.45, 2.75) is 17.9 Å². The van der Waals surface area contributed by atoms with E-state index in [1.165, 1.54) is 10.9 Å². The van der Waals surface area contributed by atoms with Gasteiger partial charge in [0.1, 0.15) is 4.90 Å². The van der Waals surface area contributed by atoms with Crippen LogP contribution in [0.2, 0.25) is 0 Å². The lowest BCUT2D eigenvalue weighted by Gasteiger charge is -2.05. The SMILES string of the molecule is CS(=O)(=O)NCCNS(=O)(=O)c1cnn(CCC(=O)O)c1. The average molecular weight is 340 g/mol. The lowest BCUT2D eigenvalue weighted by molar-refractivity contribution is -0.137. The first kappa shape index (κ1) is 17.6. The Hall–Kier alpha value is -1.50. The molecule has 0 atom stereocenters. The number of hydrogen-bond acceptors (Lipinski definition) is 6. The van der Waals surface area contributed by atoms with Crippen molar-refractivity contribution in [3.8, 4) is 0 Å². The zero-order valence-electron chi connectivity index (χ0n) is 11.2. The van der Waals surface area contributed by atoms with Gasteiger partial charge >= 0.3 is 5.97 Å². The first-order valence-corrected chi connectivity index (χ1v) is 9.16. The summed E-state index contributed by atoms with van der Waals surface area (Å²) in [5.74, 6) is -1.01. The summed E-state index contributed by atoms with van der Waals surface area (Å²) in [6.07, 6.45) is 3.09. The van der Waals surface area contributed by atoms with Gasteiger partial charge < -0.3 is 5.11 Å². The monoisotopic (exact) mass is 340 g/mol. The van der Waals surface area contributed by atoms with Crippen LogP contribution >= 0.6 is 0 Å². The predicted molar refractivity (Wildman–Crippen MR) is 72.5 cm³/mol. The number of hydrogen-bond donors (Lipinski definition) is 3. The van der Waals surface area contributed by atoms with E-state index in [9.17, 15) is 21.6 Å². The number of aryl methyl sites for hydroxylation is 1. The fraction of sp³-hybridized carbons (Fsp3) is 0.556. The van der Waals surface area contributed by atoms with E-state index in [1.54, 1.807) is 0 Å². The maximum Gasteiger partial charge on any atom is 0.305 e. The van der Waals surface area contributed by atoms with E-state index >= 15 is 0 Å². The number of aromatic nitrogens is 2. The molecule has 12 heteroatoms. The Morgan fingerprint density at radius 1 is 1.29 bits per heavy atom. The molecule has 1 aromatic rings. The van der Waals surface area contributed by atoms with Gasteiger partial charge in [-0.15, -0.1) is 0 Å². The van der Waals surface area contributed by atoms with Gasteiger partial charge in [-0.1, -0.05) is 0 Å². The molecular weight excluding hydrogens is 324 g/mol. The first-order valence-electron chi connectivity index (χ1n) is 5.79. The van der Waals surface area contributed by atoms with E-state index in [0.717, 1.165) is 12.5 Å². The van der Waals surface area contributed by atoms with Crippen LogP contribution in [-0.4, -0.2) is 57.0 Å². The molecule has 0 amide bonds. The molecule has 0 aliphatic carbocycles. The van der Waals surface area contributed by atoms with Crippen molar-refractivity contribution in [3.63, 3.8) is 0 Å². The van der Waals surface area contributed by atoms with Crippen LogP contribution in [0.25, 0.3) is 0 Å². The van der Waals surface area contributed by atoms with Gasteiger partial charge in [0.25, 0.3) is 0 Å². The molecule has 0 fully saturated rings. The van der Waals surface area contributed by atoms with Crippen molar-refractivity contribution < 1.29 is 26.7 Å². The highest BCUT2D eigenvalue weighted by Gasteiger charge is 2.16. The minimum atomic E-state index is -3.81. The van der Waals surface area contributed by atoms with Gasteiger partial charge in [-0.2, -0.15) is 5.10 Å². The summed E-state index contributed by atoms with van der Waals surface area (Å²) in [6, 6.07) is 0. The maximum absolute atomic E-state index is 11.9. The first-order chi connectivity index (χ1) is 9.60. The third-order valence-electron chi connectivity index (χ3n) is 2.26. The number of nitrogens with one attached hydrogen (secondary N) is 2. The van der Waals surface area contributed by atoms with Crippen LogP contribution < -0.4 is 9.44 Å². The standard InChI is InChI=1S/C9H16N4O6S2/c1-20(16,17)11-3-4-12-21(18,19)8-6-10-13(7-8)5-2-9(14)15/h6-7,11-12H,2-5H2,1H3,(H,14,15). The van der Waals surface area contributed by atoms with Crippen LogP contribution in [0.5, 0.6) is 0 Å². The Morgan fingerprint density at radius 2 is 1.90 bits per heavy atom. The molecule has 120 valence electrons. The second-order valence-electron chi connectivity index (χ2n) is 4.15. The predicted octanol–water partition coefficient (Wildman–Crippen LogP) is -1.81. The van der Waals surface area contributed by atoms with E-state index in [4.69, 9.17) is 5.11 Å². The van der Waals surface area contributed by atoms with Crippen molar-refractivity contribution in [1.29, 1.82) is 0 Å². The maximum atomic E-state index is 11.9. The smallest absolute Gasteiger partial charge is 0.305 e. The highest BCUT2D eigenvalue weighted by Crippen LogP contribution is 2.06. The lowest BCUT2D eigenvalue weighted by atomic mass is 10.4. The fourth-order valence-electron chi connectivity index (χ4n) is 1.32. The molecule has 1 rings (SSSR count). The van der Waals surface area contributed by atoms with Crippen LogP contribution in [0.3, 0.4) is 0 Å². The van der Waals surface area contributed by atoms with Gasteiger partial charge in [-0.25, -0.2) is 26.3 Å². The second kappa shape index (κ2) is 6.98. The third kappa shape index (κ3) is 6.66. The average Bonchev–Trinajstić information content (AvgIpc) is 2.80. The molecule has 10 nitrogen and oxygen atoms in total. The molecule has 1 aromatic heterocycles. The van der Waals surface area contributed by atoms with Crippen molar-refractivity contribution in [2.75, 3.05) is 19.3 Å². The van der Waals surface area contributed by atoms with Gasteiger partial charge in [-0.3, -0.25) is 9.48 Å². The minimum Gasteiger partial charge on any atom is -0.481 e. The number of nitrogens with zero attached hydrogens (tertiary/aromatic N) is 2. The molecule has 0 saturated heterocycles. The normalized spacial score (nSPS) is 12.4. The molecule has 0 saturated carbocycles. The summed E-state index contributed by atoms with van der Waals surface area (Å²) >= 11 is 0. The zero-order chi connectivity index (χ0) is 16.1. The summed E-state index contributed by atoms with van der Waals surface area (Å²) in [6.45, 7) is -0.137. The molecule has 0 aliphatic rings. The van der Waals surface area contributed by atoms with Crippen molar-refractivity contribution in [1.82, 2.24) is 19.2 Å². The van der Waals surface area contributed by atoms with Crippen molar-refractivity contribution in [3.05, 3.63) is 12.4 Å². The zero-order valence-corrected chi connectivity index (χ0v) is 12.8. The molecule has 0 spiro atoms. The Balaban J connectivity index is 2.56. The number of aliphatic carboxylic acids is 1. The highest BCUT2D eigenvalue weighted by atomic mass is 32.2. The molecule has 1 heterocycles. The van der Waals surface area contributed by atoms with E-state index in [-0.39, 0.29) is 31.0 Å². The summed E-state index contributed by atoms with van der Waals surface area (Å²) in [5.41, 5.74) is 0. The topological polar surface area (TPSA) is 147 Å². The molecule has 0 radical (unpaired) electrons. The quantitative estimate of drug-likeness (QED) is 0.449. The minimum absolute atomic E-state index is 0.0560. The van der Waals surface area contributed by atoms with E-state index in [1.807, 2.05) is 0 Å². The lowest BCUT2D eigenvalue weighted by Crippen LogP contribution is -2.34. The van der Waals surface area contributed by atoms with Gasteiger partial charge in [0.05, 0.1) is 25.4 Å². The number of carboxylic acids is 1. The van der Waals surface area contributed by atoms with Gasteiger partial charge in [0.15, 0.2) is 0 Å². The van der Waals surface area contributed by atoms with Crippen LogP contribution in [0, 0.1) is 0 Å². The summed E-state index contributed by atoms with van der Waals surface area (Å²) in [7, 11) is -7.19. The molecular formula is C9H16N4O6S2. The van der Waals surface area contributed by atoms with Crippen LogP contribution in [0.4, 0.5) is 0 Å². The number of rotatable bonds is 9. The largest absolute Gasteiger partial charge is 0.481 e.